The van der Waals surface area contributed by atoms with Gasteiger partial charge in [0.2, 0.25) is 0 Å². The molecule has 3 nitrogen and oxygen atoms in total. The normalized spacial score (nSPS) is 13.1. The zero-order valence-corrected chi connectivity index (χ0v) is 11.1. The molecule has 0 aliphatic carbocycles. The monoisotopic (exact) mass is 260 g/mol. The number of pyridine rings is 1. The Morgan fingerprint density at radius 1 is 1.50 bits per heavy atom. The quantitative estimate of drug-likeness (QED) is 0.770. The van der Waals surface area contributed by atoms with Gasteiger partial charge in [-0.1, -0.05) is 25.4 Å². The Labute approximate surface area is 106 Å². The minimum Gasteiger partial charge on any atom is -0.395 e. The molecule has 1 atom stereocenters. The summed E-state index contributed by atoms with van der Waals surface area (Å²) in [6, 6.07) is 4.18. The topological polar surface area (TPSA) is 45.1 Å². The van der Waals surface area contributed by atoms with E-state index in [4.69, 9.17) is 11.6 Å². The Morgan fingerprint density at radius 2 is 2.25 bits per heavy atom. The van der Waals surface area contributed by atoms with Crippen molar-refractivity contribution in [2.24, 2.45) is 0 Å². The first-order valence-corrected chi connectivity index (χ1v) is 6.59. The molecule has 0 aliphatic heterocycles. The maximum Gasteiger partial charge on any atom is 0.0961 e. The van der Waals surface area contributed by atoms with Crippen LogP contribution in [0.2, 0.25) is 5.02 Å². The van der Waals surface area contributed by atoms with Gasteiger partial charge >= 0.3 is 0 Å². The molecule has 0 bridgehead atoms. The zero-order chi connectivity index (χ0) is 12.0. The predicted molar refractivity (Wildman–Crippen MR) is 69.1 cm³/mol. The van der Waals surface area contributed by atoms with Crippen LogP contribution < -0.4 is 5.32 Å². The van der Waals surface area contributed by atoms with Crippen LogP contribution in [0.4, 0.5) is 0 Å². The Balaban J connectivity index is 2.40. The van der Waals surface area contributed by atoms with Crippen LogP contribution in [0.15, 0.2) is 23.4 Å². The largest absolute Gasteiger partial charge is 0.395 e. The molecule has 0 aliphatic rings. The Bertz CT molecular complexity index is 305. The highest BCUT2D eigenvalue weighted by Crippen LogP contribution is 2.17. The minimum absolute atomic E-state index is 0.0995. The van der Waals surface area contributed by atoms with E-state index in [-0.39, 0.29) is 12.6 Å². The lowest BCUT2D eigenvalue weighted by Crippen LogP contribution is -2.39. The number of hydrogen-bond donors (Lipinski definition) is 2. The van der Waals surface area contributed by atoms with Crippen molar-refractivity contribution in [2.75, 3.05) is 12.4 Å². The van der Waals surface area contributed by atoms with Crippen molar-refractivity contribution < 1.29 is 5.11 Å². The molecule has 1 heterocycles. The van der Waals surface area contributed by atoms with Crippen molar-refractivity contribution in [1.29, 1.82) is 0 Å². The lowest BCUT2D eigenvalue weighted by atomic mass is 10.3. The first-order chi connectivity index (χ1) is 7.61. The summed E-state index contributed by atoms with van der Waals surface area (Å²) in [5, 5.41) is 14.0. The van der Waals surface area contributed by atoms with E-state index in [0.717, 1.165) is 10.8 Å². The van der Waals surface area contributed by atoms with E-state index in [0.29, 0.717) is 11.1 Å². The van der Waals surface area contributed by atoms with Gasteiger partial charge in [0.15, 0.2) is 0 Å². The fourth-order valence-electron chi connectivity index (χ4n) is 1.26. The summed E-state index contributed by atoms with van der Waals surface area (Å²) in [6.07, 6.45) is 1.63. The van der Waals surface area contributed by atoms with Crippen molar-refractivity contribution >= 4 is 23.4 Å². The molecule has 0 amide bonds. The van der Waals surface area contributed by atoms with Gasteiger partial charge in [0.05, 0.1) is 16.7 Å². The average Bonchev–Trinajstić information content (AvgIpc) is 2.26. The molecule has 0 saturated heterocycles. The van der Waals surface area contributed by atoms with Crippen molar-refractivity contribution in [3.05, 3.63) is 23.4 Å². The third-order valence-corrected chi connectivity index (χ3v) is 3.25. The van der Waals surface area contributed by atoms with E-state index in [9.17, 15) is 5.11 Å². The van der Waals surface area contributed by atoms with Crippen LogP contribution in [0.5, 0.6) is 0 Å². The van der Waals surface area contributed by atoms with E-state index in [1.165, 1.54) is 0 Å². The highest BCUT2D eigenvalue weighted by Gasteiger charge is 2.09. The van der Waals surface area contributed by atoms with Gasteiger partial charge in [0, 0.05) is 24.0 Å². The molecular weight excluding hydrogens is 244 g/mol. The number of halogens is 1. The fourth-order valence-corrected chi connectivity index (χ4v) is 2.24. The van der Waals surface area contributed by atoms with Crippen LogP contribution >= 0.6 is 23.4 Å². The fraction of sp³-hybridized carbons (Fsp3) is 0.545. The maximum atomic E-state index is 9.18. The van der Waals surface area contributed by atoms with Gasteiger partial charge in [0.25, 0.3) is 0 Å². The molecule has 0 radical (unpaired) electrons. The Hall–Kier alpha value is -0.290. The molecule has 5 heteroatoms. The van der Waals surface area contributed by atoms with Gasteiger partial charge in [-0.25, -0.2) is 4.98 Å². The van der Waals surface area contributed by atoms with Crippen LogP contribution in [0.3, 0.4) is 0 Å². The number of nitrogens with zero attached hydrogens (tertiary/aromatic N) is 1. The molecule has 90 valence electrons. The predicted octanol–water partition coefficient (Wildman–Crippen LogP) is 2.19. The standard InChI is InChI=1S/C11H17ClN2OS/c1-8(2)14-10(6-15)7-16-11-4-3-9(12)5-13-11/h3-5,8,10,14-15H,6-7H2,1-2H3. The summed E-state index contributed by atoms with van der Waals surface area (Å²) in [7, 11) is 0. The molecule has 2 N–H and O–H groups in total. The van der Waals surface area contributed by atoms with Gasteiger partial charge < -0.3 is 10.4 Å². The molecular formula is C11H17ClN2OS. The van der Waals surface area contributed by atoms with Gasteiger partial charge in [-0.2, -0.15) is 0 Å². The molecule has 0 fully saturated rings. The maximum absolute atomic E-state index is 9.18. The van der Waals surface area contributed by atoms with E-state index < -0.39 is 0 Å². The molecule has 1 unspecified atom stereocenters. The molecule has 0 aromatic carbocycles. The summed E-state index contributed by atoms with van der Waals surface area (Å²) in [5.74, 6) is 0.795. The number of nitrogens with one attached hydrogen (secondary N) is 1. The highest BCUT2D eigenvalue weighted by molar-refractivity contribution is 7.99. The highest BCUT2D eigenvalue weighted by atomic mass is 35.5. The number of aliphatic hydroxyl groups is 1. The molecule has 16 heavy (non-hydrogen) atoms. The second kappa shape index (κ2) is 7.12. The summed E-state index contributed by atoms with van der Waals surface area (Å²) < 4.78 is 0. The smallest absolute Gasteiger partial charge is 0.0961 e. The first-order valence-electron chi connectivity index (χ1n) is 5.23. The average molecular weight is 261 g/mol. The number of aromatic nitrogens is 1. The first kappa shape index (κ1) is 13.8. The number of hydrogen-bond acceptors (Lipinski definition) is 4. The van der Waals surface area contributed by atoms with Crippen LogP contribution in [0.1, 0.15) is 13.8 Å². The Kier molecular flexibility index (Phi) is 6.13. The second-order valence-corrected chi connectivity index (χ2v) is 5.30. The van der Waals surface area contributed by atoms with Crippen LogP contribution in [-0.4, -0.2) is 34.5 Å². The van der Waals surface area contributed by atoms with Crippen LogP contribution in [-0.2, 0) is 0 Å². The van der Waals surface area contributed by atoms with E-state index in [1.807, 2.05) is 12.1 Å². The number of rotatable bonds is 6. The van der Waals surface area contributed by atoms with Crippen LogP contribution in [0.25, 0.3) is 0 Å². The molecule has 0 saturated carbocycles. The number of aliphatic hydroxyl groups excluding tert-OH is 1. The van der Waals surface area contributed by atoms with Gasteiger partial charge in [-0.15, -0.1) is 11.8 Å². The van der Waals surface area contributed by atoms with Gasteiger partial charge in [-0.3, -0.25) is 0 Å². The van der Waals surface area contributed by atoms with Crippen molar-refractivity contribution in [2.45, 2.75) is 31.0 Å². The SMILES string of the molecule is CC(C)NC(CO)CSc1ccc(Cl)cn1. The molecule has 1 aromatic heterocycles. The van der Waals surface area contributed by atoms with Gasteiger partial charge in [0.1, 0.15) is 0 Å². The second-order valence-electron chi connectivity index (χ2n) is 3.83. The number of thioether (sulfide) groups is 1. The lowest BCUT2D eigenvalue weighted by molar-refractivity contribution is 0.247. The third-order valence-electron chi connectivity index (χ3n) is 1.92. The van der Waals surface area contributed by atoms with Crippen molar-refractivity contribution in [3.63, 3.8) is 0 Å². The van der Waals surface area contributed by atoms with E-state index in [1.54, 1.807) is 18.0 Å². The minimum atomic E-state index is 0.0995. The van der Waals surface area contributed by atoms with Crippen molar-refractivity contribution in [3.8, 4) is 0 Å². The summed E-state index contributed by atoms with van der Waals surface area (Å²) in [4.78, 5) is 4.19. The molecule has 1 rings (SSSR count). The van der Waals surface area contributed by atoms with Crippen LogP contribution in [0, 0.1) is 0 Å². The van der Waals surface area contributed by atoms with Crippen molar-refractivity contribution in [1.82, 2.24) is 10.3 Å². The summed E-state index contributed by atoms with van der Waals surface area (Å²) in [5.41, 5.74) is 0. The zero-order valence-electron chi connectivity index (χ0n) is 9.48. The summed E-state index contributed by atoms with van der Waals surface area (Å²) >= 11 is 7.36. The van der Waals surface area contributed by atoms with E-state index in [2.05, 4.69) is 24.1 Å². The van der Waals surface area contributed by atoms with E-state index >= 15 is 0 Å². The van der Waals surface area contributed by atoms with Gasteiger partial charge in [-0.05, 0) is 12.1 Å². The Morgan fingerprint density at radius 3 is 2.75 bits per heavy atom. The molecule has 0 spiro atoms. The summed E-state index contributed by atoms with van der Waals surface area (Å²) in [6.45, 7) is 4.26. The third kappa shape index (κ3) is 5.16. The molecule has 1 aromatic rings. The lowest BCUT2D eigenvalue weighted by Gasteiger charge is -2.18.